The van der Waals surface area contributed by atoms with Crippen molar-refractivity contribution < 1.29 is 4.39 Å². The first-order valence-corrected chi connectivity index (χ1v) is 11.0. The zero-order chi connectivity index (χ0) is 23.2. The van der Waals surface area contributed by atoms with Crippen LogP contribution in [0.5, 0.6) is 0 Å². The van der Waals surface area contributed by atoms with Crippen LogP contribution in [0, 0.1) is 5.82 Å². The number of hydrogen-bond acceptors (Lipinski definition) is 4. The third-order valence-electron chi connectivity index (χ3n) is 5.81. The van der Waals surface area contributed by atoms with Crippen molar-refractivity contribution in [2.75, 3.05) is 0 Å². The van der Waals surface area contributed by atoms with Crippen LogP contribution >= 0.6 is 11.6 Å². The second-order valence-electron chi connectivity index (χ2n) is 7.92. The van der Waals surface area contributed by atoms with E-state index in [-0.39, 0.29) is 11.2 Å². The van der Waals surface area contributed by atoms with E-state index in [9.17, 15) is 4.79 Å². The maximum atomic E-state index is 15.0. The van der Waals surface area contributed by atoms with Crippen molar-refractivity contribution in [2.24, 2.45) is 0 Å². The molecule has 3 aromatic heterocycles. The van der Waals surface area contributed by atoms with Crippen molar-refractivity contribution in [3.05, 3.63) is 93.7 Å². The molecule has 168 valence electrons. The predicted octanol–water partition coefficient (Wildman–Crippen LogP) is 4.49. The number of fused-ring (bicyclic) bond motifs is 2. The topological polar surface area (TPSA) is 97.2 Å². The molecule has 6 aromatic rings. The molecule has 3 heterocycles. The summed E-state index contributed by atoms with van der Waals surface area (Å²) >= 11 is 6.29. The molecule has 0 bridgehead atoms. The number of rotatable bonds is 5. The van der Waals surface area contributed by atoms with Gasteiger partial charge in [0.15, 0.2) is 5.82 Å². The molecule has 34 heavy (non-hydrogen) atoms. The molecule has 0 saturated heterocycles. The van der Waals surface area contributed by atoms with E-state index in [2.05, 4.69) is 25.4 Å². The second kappa shape index (κ2) is 7.96. The smallest absolute Gasteiger partial charge is 0.306 e. The normalized spacial score (nSPS) is 11.6. The molecule has 0 amide bonds. The summed E-state index contributed by atoms with van der Waals surface area (Å²) in [6.45, 7) is 0.584. The van der Waals surface area contributed by atoms with Crippen molar-refractivity contribution in [2.45, 2.75) is 13.0 Å². The van der Waals surface area contributed by atoms with Gasteiger partial charge in [-0.15, -0.1) is 5.10 Å². The fourth-order valence-electron chi connectivity index (χ4n) is 4.16. The van der Waals surface area contributed by atoms with Gasteiger partial charge in [-0.25, -0.2) is 13.9 Å². The number of hydrogen-bond donors (Lipinski definition) is 2. The lowest BCUT2D eigenvalue weighted by atomic mass is 10.1. The molecular weight excluding hydrogens is 457 g/mol. The standard InChI is InChI=1S/C24H17ClFN7O/c25-17-4-2-1-3-14(17)8-10-32-21(7-9-27-32)15-11-18(26)23-22(12-15)33(31-30-23)16-5-6-19-20(13-16)29-24(34)28-19/h1-7,9,11-13H,8,10H2,(H2,28,29,34). The van der Waals surface area contributed by atoms with Crippen molar-refractivity contribution in [3.8, 4) is 16.9 Å². The van der Waals surface area contributed by atoms with Crippen LogP contribution in [0.3, 0.4) is 0 Å². The molecule has 0 unspecified atom stereocenters. The Balaban J connectivity index is 1.40. The molecular formula is C24H17ClFN7O. The maximum Gasteiger partial charge on any atom is 0.323 e. The van der Waals surface area contributed by atoms with Crippen LogP contribution in [-0.4, -0.2) is 34.7 Å². The molecule has 0 radical (unpaired) electrons. The van der Waals surface area contributed by atoms with Gasteiger partial charge in [0, 0.05) is 23.3 Å². The number of imidazole rings is 1. The highest BCUT2D eigenvalue weighted by molar-refractivity contribution is 6.31. The van der Waals surface area contributed by atoms with Crippen LogP contribution in [0.2, 0.25) is 5.02 Å². The monoisotopic (exact) mass is 473 g/mol. The highest BCUT2D eigenvalue weighted by atomic mass is 35.5. The predicted molar refractivity (Wildman–Crippen MR) is 128 cm³/mol. The van der Waals surface area contributed by atoms with E-state index < -0.39 is 5.82 Å². The van der Waals surface area contributed by atoms with Gasteiger partial charge in [-0.3, -0.25) is 4.68 Å². The zero-order valence-corrected chi connectivity index (χ0v) is 18.4. The summed E-state index contributed by atoms with van der Waals surface area (Å²) in [4.78, 5) is 17.0. The van der Waals surface area contributed by atoms with E-state index in [1.807, 2.05) is 41.1 Å². The van der Waals surface area contributed by atoms with Crippen LogP contribution in [0.1, 0.15) is 5.56 Å². The van der Waals surface area contributed by atoms with Crippen molar-refractivity contribution in [1.82, 2.24) is 34.7 Å². The Morgan fingerprint density at radius 3 is 2.74 bits per heavy atom. The van der Waals surface area contributed by atoms with Crippen molar-refractivity contribution >= 4 is 33.7 Å². The van der Waals surface area contributed by atoms with E-state index >= 15 is 4.39 Å². The summed E-state index contributed by atoms with van der Waals surface area (Å²) in [5.41, 5.74) is 4.76. The number of halogens is 2. The molecule has 0 aliphatic carbocycles. The minimum absolute atomic E-state index is 0.161. The summed E-state index contributed by atoms with van der Waals surface area (Å²) in [5.74, 6) is -0.478. The molecule has 3 aromatic carbocycles. The molecule has 0 spiro atoms. The van der Waals surface area contributed by atoms with Crippen molar-refractivity contribution in [3.63, 3.8) is 0 Å². The van der Waals surface area contributed by atoms with Crippen molar-refractivity contribution in [1.29, 1.82) is 0 Å². The Morgan fingerprint density at radius 2 is 1.85 bits per heavy atom. The van der Waals surface area contributed by atoms with Crippen LogP contribution < -0.4 is 5.69 Å². The number of aromatic nitrogens is 7. The average molecular weight is 474 g/mol. The van der Waals surface area contributed by atoms with E-state index in [1.54, 1.807) is 29.1 Å². The Labute approximate surface area is 196 Å². The van der Waals surface area contributed by atoms with E-state index in [0.717, 1.165) is 11.3 Å². The first-order valence-electron chi connectivity index (χ1n) is 10.6. The van der Waals surface area contributed by atoms with Gasteiger partial charge in [0.2, 0.25) is 0 Å². The van der Waals surface area contributed by atoms with Gasteiger partial charge in [-0.2, -0.15) is 5.10 Å². The lowest BCUT2D eigenvalue weighted by Gasteiger charge is -2.10. The fraction of sp³-hybridized carbons (Fsp3) is 0.0833. The third kappa shape index (κ3) is 3.46. The third-order valence-corrected chi connectivity index (χ3v) is 6.18. The molecule has 0 aliphatic rings. The lowest BCUT2D eigenvalue weighted by molar-refractivity contribution is 0.619. The maximum absolute atomic E-state index is 15.0. The summed E-state index contributed by atoms with van der Waals surface area (Å²) < 4.78 is 18.4. The largest absolute Gasteiger partial charge is 0.323 e. The Morgan fingerprint density at radius 1 is 1.00 bits per heavy atom. The molecule has 0 fully saturated rings. The number of benzene rings is 3. The number of H-pyrrole nitrogens is 2. The Kier molecular flexibility index (Phi) is 4.77. The Bertz CT molecular complexity index is 1730. The van der Waals surface area contributed by atoms with E-state index in [0.29, 0.717) is 45.8 Å². The number of aryl methyl sites for hydroxylation is 2. The van der Waals surface area contributed by atoms with Gasteiger partial charge in [0.25, 0.3) is 0 Å². The average Bonchev–Trinajstić information content (AvgIpc) is 3.55. The molecule has 0 atom stereocenters. The molecule has 10 heteroatoms. The number of nitrogens with zero attached hydrogens (tertiary/aromatic N) is 5. The quantitative estimate of drug-likeness (QED) is 0.385. The summed E-state index contributed by atoms with van der Waals surface area (Å²) in [6.07, 6.45) is 2.38. The second-order valence-corrected chi connectivity index (χ2v) is 8.32. The van der Waals surface area contributed by atoms with Gasteiger partial charge in [-0.1, -0.05) is 35.0 Å². The van der Waals surface area contributed by atoms with Gasteiger partial charge in [0.05, 0.1) is 27.9 Å². The molecule has 0 saturated carbocycles. The molecule has 0 aliphatic heterocycles. The van der Waals surface area contributed by atoms with Crippen LogP contribution in [0.25, 0.3) is 39.0 Å². The van der Waals surface area contributed by atoms with E-state index in [4.69, 9.17) is 11.6 Å². The molecule has 2 N–H and O–H groups in total. The van der Waals surface area contributed by atoms with Crippen LogP contribution in [0.15, 0.2) is 71.7 Å². The van der Waals surface area contributed by atoms with Gasteiger partial charge >= 0.3 is 5.69 Å². The molecule has 6 rings (SSSR count). The summed E-state index contributed by atoms with van der Waals surface area (Å²) in [5, 5.41) is 13.3. The molecule has 8 nitrogen and oxygen atoms in total. The Hall–Kier alpha value is -4.24. The first-order chi connectivity index (χ1) is 16.6. The SMILES string of the molecule is O=c1[nH]c2ccc(-n3nnc4c(F)cc(-c5ccnn5CCc5ccccc5Cl)cc43)cc2[nH]1. The summed E-state index contributed by atoms with van der Waals surface area (Å²) in [6, 6.07) is 18.1. The number of nitrogens with one attached hydrogen (secondary N) is 2. The van der Waals surface area contributed by atoms with Gasteiger partial charge < -0.3 is 9.97 Å². The van der Waals surface area contributed by atoms with Crippen LogP contribution in [0.4, 0.5) is 4.39 Å². The minimum atomic E-state index is -0.478. The fourth-order valence-corrected chi connectivity index (χ4v) is 4.39. The highest BCUT2D eigenvalue weighted by Gasteiger charge is 2.16. The van der Waals surface area contributed by atoms with Gasteiger partial charge in [0.1, 0.15) is 5.52 Å². The minimum Gasteiger partial charge on any atom is -0.306 e. The zero-order valence-electron chi connectivity index (χ0n) is 17.7. The summed E-state index contributed by atoms with van der Waals surface area (Å²) in [7, 11) is 0. The lowest BCUT2D eigenvalue weighted by Crippen LogP contribution is -2.05. The first kappa shape index (κ1) is 20.4. The van der Waals surface area contributed by atoms with E-state index in [1.165, 1.54) is 6.07 Å². The van der Waals surface area contributed by atoms with Crippen LogP contribution in [-0.2, 0) is 13.0 Å². The van der Waals surface area contributed by atoms with Gasteiger partial charge in [-0.05, 0) is 54.4 Å². The highest BCUT2D eigenvalue weighted by Crippen LogP contribution is 2.28. The number of aromatic amines is 2.